The SMILES string of the molecule is Cc1cccc(CC(Br)c2csc(C)n2)c1. The molecule has 0 amide bonds. The van der Waals surface area contributed by atoms with Crippen molar-refractivity contribution >= 4 is 27.3 Å². The highest BCUT2D eigenvalue weighted by molar-refractivity contribution is 9.09. The molecule has 1 aromatic carbocycles. The summed E-state index contributed by atoms with van der Waals surface area (Å²) < 4.78 is 0. The Labute approximate surface area is 109 Å². The van der Waals surface area contributed by atoms with Gasteiger partial charge >= 0.3 is 0 Å². The van der Waals surface area contributed by atoms with Crippen LogP contribution in [0.2, 0.25) is 0 Å². The summed E-state index contributed by atoms with van der Waals surface area (Å²) >= 11 is 5.41. The van der Waals surface area contributed by atoms with Gasteiger partial charge in [-0.1, -0.05) is 45.8 Å². The number of aryl methyl sites for hydroxylation is 2. The maximum Gasteiger partial charge on any atom is 0.0897 e. The summed E-state index contributed by atoms with van der Waals surface area (Å²) in [7, 11) is 0. The van der Waals surface area contributed by atoms with E-state index >= 15 is 0 Å². The molecule has 2 aromatic rings. The molecule has 0 bridgehead atoms. The molecule has 0 saturated carbocycles. The van der Waals surface area contributed by atoms with Crippen LogP contribution < -0.4 is 0 Å². The Morgan fingerprint density at radius 3 is 2.81 bits per heavy atom. The third kappa shape index (κ3) is 2.92. The summed E-state index contributed by atoms with van der Waals surface area (Å²) in [5.41, 5.74) is 3.81. The highest BCUT2D eigenvalue weighted by Crippen LogP contribution is 2.28. The van der Waals surface area contributed by atoms with Gasteiger partial charge in [-0.3, -0.25) is 0 Å². The van der Waals surface area contributed by atoms with E-state index in [1.165, 1.54) is 11.1 Å². The van der Waals surface area contributed by atoms with E-state index in [4.69, 9.17) is 0 Å². The molecule has 0 spiro atoms. The van der Waals surface area contributed by atoms with Gasteiger partial charge in [0, 0.05) is 5.38 Å². The molecule has 0 fully saturated rings. The molecule has 0 N–H and O–H groups in total. The number of benzene rings is 1. The van der Waals surface area contributed by atoms with E-state index in [-0.39, 0.29) is 0 Å². The second kappa shape index (κ2) is 5.11. The van der Waals surface area contributed by atoms with Crippen LogP contribution in [0, 0.1) is 13.8 Å². The van der Waals surface area contributed by atoms with Crippen LogP contribution in [0.1, 0.15) is 26.7 Å². The van der Waals surface area contributed by atoms with Crippen molar-refractivity contribution in [3.05, 3.63) is 51.5 Å². The quantitative estimate of drug-likeness (QED) is 0.763. The first kappa shape index (κ1) is 11.8. The molecular weight excluding hydrogens is 282 g/mol. The van der Waals surface area contributed by atoms with Crippen LogP contribution in [0.5, 0.6) is 0 Å². The van der Waals surface area contributed by atoms with Crippen LogP contribution in [0.4, 0.5) is 0 Å². The minimum Gasteiger partial charge on any atom is -0.245 e. The van der Waals surface area contributed by atoms with Crippen molar-refractivity contribution in [3.63, 3.8) is 0 Å². The van der Waals surface area contributed by atoms with Crippen LogP contribution in [-0.4, -0.2) is 4.98 Å². The number of aromatic nitrogens is 1. The van der Waals surface area contributed by atoms with Crippen molar-refractivity contribution in [2.24, 2.45) is 0 Å². The maximum atomic E-state index is 4.50. The molecule has 0 aliphatic heterocycles. The van der Waals surface area contributed by atoms with E-state index in [0.717, 1.165) is 17.1 Å². The maximum absolute atomic E-state index is 4.50. The molecule has 84 valence electrons. The number of thiazole rings is 1. The molecule has 1 nitrogen and oxygen atoms in total. The van der Waals surface area contributed by atoms with Crippen molar-refractivity contribution in [1.29, 1.82) is 0 Å². The number of hydrogen-bond donors (Lipinski definition) is 0. The topological polar surface area (TPSA) is 12.9 Å². The lowest BCUT2D eigenvalue weighted by Crippen LogP contribution is -1.96. The summed E-state index contributed by atoms with van der Waals surface area (Å²) in [6.45, 7) is 4.17. The Bertz CT molecular complexity index is 478. The van der Waals surface area contributed by atoms with Crippen molar-refractivity contribution in [1.82, 2.24) is 4.98 Å². The van der Waals surface area contributed by atoms with Gasteiger partial charge in [-0.15, -0.1) is 11.3 Å². The monoisotopic (exact) mass is 295 g/mol. The molecule has 0 radical (unpaired) electrons. The largest absolute Gasteiger partial charge is 0.245 e. The summed E-state index contributed by atoms with van der Waals surface area (Å²) in [6, 6.07) is 8.63. The van der Waals surface area contributed by atoms with Crippen molar-refractivity contribution in [2.75, 3.05) is 0 Å². The van der Waals surface area contributed by atoms with Gasteiger partial charge in [0.25, 0.3) is 0 Å². The van der Waals surface area contributed by atoms with Gasteiger partial charge < -0.3 is 0 Å². The number of hydrogen-bond acceptors (Lipinski definition) is 2. The number of nitrogens with zero attached hydrogens (tertiary/aromatic N) is 1. The third-order valence-corrected chi connectivity index (χ3v) is 4.04. The molecule has 0 aliphatic carbocycles. The lowest BCUT2D eigenvalue weighted by molar-refractivity contribution is 0.908. The highest BCUT2D eigenvalue weighted by Gasteiger charge is 2.11. The second-order valence-electron chi connectivity index (χ2n) is 3.95. The molecule has 0 aliphatic rings. The highest BCUT2D eigenvalue weighted by atomic mass is 79.9. The summed E-state index contributed by atoms with van der Waals surface area (Å²) in [6.07, 6.45) is 0.991. The lowest BCUT2D eigenvalue weighted by Gasteiger charge is -2.07. The number of halogens is 1. The molecule has 3 heteroatoms. The predicted molar refractivity (Wildman–Crippen MR) is 73.4 cm³/mol. The second-order valence-corrected chi connectivity index (χ2v) is 6.12. The third-order valence-electron chi connectivity index (χ3n) is 2.46. The van der Waals surface area contributed by atoms with Gasteiger partial charge in [0.1, 0.15) is 0 Å². The van der Waals surface area contributed by atoms with Crippen molar-refractivity contribution < 1.29 is 0 Å². The zero-order valence-corrected chi connectivity index (χ0v) is 11.8. The standard InChI is InChI=1S/C13H14BrNS/c1-9-4-3-5-11(6-9)7-12(14)13-8-16-10(2)15-13/h3-6,8,12H,7H2,1-2H3. The fourth-order valence-corrected chi connectivity index (χ4v) is 3.12. The Morgan fingerprint density at radius 1 is 1.38 bits per heavy atom. The van der Waals surface area contributed by atoms with Crippen molar-refractivity contribution in [3.8, 4) is 0 Å². The van der Waals surface area contributed by atoms with Crippen LogP contribution in [-0.2, 0) is 6.42 Å². The fourth-order valence-electron chi connectivity index (χ4n) is 1.67. The van der Waals surface area contributed by atoms with Gasteiger partial charge in [0.2, 0.25) is 0 Å². The molecule has 1 atom stereocenters. The molecular formula is C13H14BrNS. The van der Waals surface area contributed by atoms with Gasteiger partial charge in [-0.25, -0.2) is 4.98 Å². The van der Waals surface area contributed by atoms with E-state index in [2.05, 4.69) is 57.5 Å². The molecule has 0 saturated heterocycles. The number of alkyl halides is 1. The van der Waals surface area contributed by atoms with E-state index in [9.17, 15) is 0 Å². The zero-order chi connectivity index (χ0) is 11.5. The van der Waals surface area contributed by atoms with E-state index < -0.39 is 0 Å². The van der Waals surface area contributed by atoms with Gasteiger partial charge in [0.15, 0.2) is 0 Å². The first-order valence-corrected chi connectivity index (χ1v) is 7.06. The average molecular weight is 296 g/mol. The van der Waals surface area contributed by atoms with E-state index in [1.54, 1.807) is 11.3 Å². The summed E-state index contributed by atoms with van der Waals surface area (Å²) in [5.74, 6) is 0. The Kier molecular flexibility index (Phi) is 3.77. The van der Waals surface area contributed by atoms with Crippen molar-refractivity contribution in [2.45, 2.75) is 25.1 Å². The van der Waals surface area contributed by atoms with Crippen LogP contribution >= 0.6 is 27.3 Å². The molecule has 1 aromatic heterocycles. The van der Waals surface area contributed by atoms with E-state index in [1.807, 2.05) is 6.92 Å². The molecule has 1 unspecified atom stereocenters. The molecule has 1 heterocycles. The Morgan fingerprint density at radius 2 is 2.19 bits per heavy atom. The molecule has 16 heavy (non-hydrogen) atoms. The summed E-state index contributed by atoms with van der Waals surface area (Å²) in [5, 5.41) is 3.26. The first-order valence-electron chi connectivity index (χ1n) is 5.27. The summed E-state index contributed by atoms with van der Waals surface area (Å²) in [4.78, 5) is 4.82. The minimum absolute atomic E-state index is 0.319. The zero-order valence-electron chi connectivity index (χ0n) is 9.40. The first-order chi connectivity index (χ1) is 7.65. The van der Waals surface area contributed by atoms with Gasteiger partial charge in [0.05, 0.1) is 15.5 Å². The number of rotatable bonds is 3. The normalized spacial score (nSPS) is 12.7. The van der Waals surface area contributed by atoms with E-state index in [0.29, 0.717) is 4.83 Å². The van der Waals surface area contributed by atoms with Crippen LogP contribution in [0.15, 0.2) is 29.6 Å². The fraction of sp³-hybridized carbons (Fsp3) is 0.308. The average Bonchev–Trinajstić information content (AvgIpc) is 2.65. The van der Waals surface area contributed by atoms with Gasteiger partial charge in [-0.2, -0.15) is 0 Å². The van der Waals surface area contributed by atoms with Gasteiger partial charge in [-0.05, 0) is 25.8 Å². The predicted octanol–water partition coefficient (Wildman–Crippen LogP) is 4.44. The molecule has 2 rings (SSSR count). The Balaban J connectivity index is 2.10. The van der Waals surface area contributed by atoms with Crippen LogP contribution in [0.3, 0.4) is 0 Å². The van der Waals surface area contributed by atoms with Crippen LogP contribution in [0.25, 0.3) is 0 Å². The smallest absolute Gasteiger partial charge is 0.0897 e. The lowest BCUT2D eigenvalue weighted by atomic mass is 10.1. The minimum atomic E-state index is 0.319. The Hall–Kier alpha value is -0.670.